The Morgan fingerprint density at radius 1 is 1.15 bits per heavy atom. The molecule has 1 aromatic heterocycles. The molecule has 1 aromatic rings. The van der Waals surface area contributed by atoms with Gasteiger partial charge in [0.15, 0.2) is 0 Å². The lowest BCUT2D eigenvalue weighted by atomic mass is 9.89. The van der Waals surface area contributed by atoms with Gasteiger partial charge in [-0.25, -0.2) is 0 Å². The summed E-state index contributed by atoms with van der Waals surface area (Å²) in [5, 5.41) is 3.47. The summed E-state index contributed by atoms with van der Waals surface area (Å²) in [6.07, 6.45) is 8.68. The van der Waals surface area contributed by atoms with E-state index in [2.05, 4.69) is 40.5 Å². The fourth-order valence-corrected chi connectivity index (χ4v) is 3.65. The Hall–Kier alpha value is -0.930. The lowest BCUT2D eigenvalue weighted by molar-refractivity contribution is 0.111. The van der Waals surface area contributed by atoms with Gasteiger partial charge in [-0.3, -0.25) is 4.98 Å². The fourth-order valence-electron chi connectivity index (χ4n) is 3.65. The second kappa shape index (κ2) is 6.68. The normalized spacial score (nSPS) is 23.1. The smallest absolute Gasteiger partial charge is 0.0372 e. The van der Waals surface area contributed by atoms with Crippen LogP contribution in [0.5, 0.6) is 0 Å². The number of piperidine rings is 2. The highest BCUT2D eigenvalue weighted by atomic mass is 15.2. The predicted molar refractivity (Wildman–Crippen MR) is 82.9 cm³/mol. The molecule has 0 saturated carbocycles. The average Bonchev–Trinajstić information content (AvgIpc) is 2.51. The molecule has 0 aliphatic carbocycles. The summed E-state index contributed by atoms with van der Waals surface area (Å²) in [6, 6.07) is 5.24. The van der Waals surface area contributed by atoms with Gasteiger partial charge in [0.2, 0.25) is 0 Å². The number of nitrogens with one attached hydrogen (secondary N) is 1. The second-order valence-electron chi connectivity index (χ2n) is 6.47. The Morgan fingerprint density at radius 2 is 1.90 bits per heavy atom. The van der Waals surface area contributed by atoms with Crippen molar-refractivity contribution in [2.45, 2.75) is 45.1 Å². The molecule has 3 heterocycles. The van der Waals surface area contributed by atoms with Crippen molar-refractivity contribution in [3.63, 3.8) is 0 Å². The van der Waals surface area contributed by atoms with Gasteiger partial charge in [0.05, 0.1) is 0 Å². The summed E-state index contributed by atoms with van der Waals surface area (Å²) in [5.74, 6) is 0.859. The average molecular weight is 273 g/mol. The molecule has 20 heavy (non-hydrogen) atoms. The summed E-state index contributed by atoms with van der Waals surface area (Å²) in [6.45, 7) is 7.07. The molecule has 3 heteroatoms. The van der Waals surface area contributed by atoms with Gasteiger partial charge in [0, 0.05) is 17.9 Å². The highest BCUT2D eigenvalue weighted by Crippen LogP contribution is 2.24. The number of likely N-dealkylation sites (tertiary alicyclic amines) is 1. The molecule has 0 spiro atoms. The largest absolute Gasteiger partial charge is 0.317 e. The van der Waals surface area contributed by atoms with Crippen molar-refractivity contribution in [3.8, 4) is 0 Å². The van der Waals surface area contributed by atoms with E-state index in [1.54, 1.807) is 0 Å². The number of aromatic nitrogens is 1. The summed E-state index contributed by atoms with van der Waals surface area (Å²) in [5.41, 5.74) is 2.53. The highest BCUT2D eigenvalue weighted by molar-refractivity contribution is 5.13. The van der Waals surface area contributed by atoms with E-state index in [0.29, 0.717) is 0 Å². The minimum absolute atomic E-state index is 0.846. The third-order valence-corrected chi connectivity index (χ3v) is 4.97. The Bertz CT molecular complexity index is 401. The number of nitrogens with zero attached hydrogens (tertiary/aromatic N) is 2. The van der Waals surface area contributed by atoms with E-state index in [9.17, 15) is 0 Å². The summed E-state index contributed by atoms with van der Waals surface area (Å²) < 4.78 is 0. The van der Waals surface area contributed by atoms with E-state index in [0.717, 1.165) is 17.7 Å². The van der Waals surface area contributed by atoms with Crippen LogP contribution >= 0.6 is 0 Å². The molecule has 0 unspecified atom stereocenters. The molecule has 3 nitrogen and oxygen atoms in total. The van der Waals surface area contributed by atoms with Crippen LogP contribution in [0.1, 0.15) is 36.9 Å². The van der Waals surface area contributed by atoms with Crippen LogP contribution in [0, 0.1) is 12.8 Å². The van der Waals surface area contributed by atoms with Crippen molar-refractivity contribution in [2.75, 3.05) is 26.2 Å². The first-order valence-corrected chi connectivity index (χ1v) is 8.17. The maximum atomic E-state index is 4.42. The SMILES string of the molecule is Cc1ccc(CC2CCN(C3CCNCC3)CC2)cn1. The van der Waals surface area contributed by atoms with Crippen LogP contribution in [0.25, 0.3) is 0 Å². The van der Waals surface area contributed by atoms with Crippen molar-refractivity contribution in [3.05, 3.63) is 29.6 Å². The van der Waals surface area contributed by atoms with Crippen LogP contribution < -0.4 is 5.32 Å². The lowest BCUT2D eigenvalue weighted by Gasteiger charge is -2.39. The maximum absolute atomic E-state index is 4.42. The first-order chi connectivity index (χ1) is 9.81. The van der Waals surface area contributed by atoms with Gasteiger partial charge in [0.25, 0.3) is 0 Å². The molecule has 110 valence electrons. The van der Waals surface area contributed by atoms with Crippen molar-refractivity contribution < 1.29 is 0 Å². The van der Waals surface area contributed by atoms with Crippen molar-refractivity contribution in [2.24, 2.45) is 5.92 Å². The van der Waals surface area contributed by atoms with Gasteiger partial charge in [-0.15, -0.1) is 0 Å². The van der Waals surface area contributed by atoms with Gasteiger partial charge in [-0.1, -0.05) is 6.07 Å². The number of pyridine rings is 1. The molecular weight excluding hydrogens is 246 g/mol. The predicted octanol–water partition coefficient (Wildman–Crippen LogP) is 2.40. The molecule has 0 aromatic carbocycles. The molecule has 0 amide bonds. The molecule has 0 radical (unpaired) electrons. The molecule has 2 fully saturated rings. The van der Waals surface area contributed by atoms with Crippen molar-refractivity contribution in [1.82, 2.24) is 15.2 Å². The monoisotopic (exact) mass is 273 g/mol. The fraction of sp³-hybridized carbons (Fsp3) is 0.706. The van der Waals surface area contributed by atoms with Crippen LogP contribution in [0.15, 0.2) is 18.3 Å². The second-order valence-corrected chi connectivity index (χ2v) is 6.47. The first-order valence-electron chi connectivity index (χ1n) is 8.17. The molecule has 3 rings (SSSR count). The number of rotatable bonds is 3. The molecular formula is C17H27N3. The van der Waals surface area contributed by atoms with E-state index in [-0.39, 0.29) is 0 Å². The van der Waals surface area contributed by atoms with Crippen LogP contribution in [0.3, 0.4) is 0 Å². The van der Waals surface area contributed by atoms with Crippen LogP contribution in [-0.4, -0.2) is 42.1 Å². The number of hydrogen-bond acceptors (Lipinski definition) is 3. The summed E-state index contributed by atoms with van der Waals surface area (Å²) in [4.78, 5) is 7.16. The molecule has 2 saturated heterocycles. The maximum Gasteiger partial charge on any atom is 0.0372 e. The lowest BCUT2D eigenvalue weighted by Crippen LogP contribution is -2.46. The van der Waals surface area contributed by atoms with E-state index in [4.69, 9.17) is 0 Å². The van der Waals surface area contributed by atoms with Crippen LogP contribution in [0.2, 0.25) is 0 Å². The van der Waals surface area contributed by atoms with Crippen molar-refractivity contribution >= 4 is 0 Å². The van der Waals surface area contributed by atoms with Gasteiger partial charge in [-0.05, 0) is 82.8 Å². The topological polar surface area (TPSA) is 28.2 Å². The zero-order chi connectivity index (χ0) is 13.8. The molecule has 0 atom stereocenters. The van der Waals surface area contributed by atoms with Gasteiger partial charge in [-0.2, -0.15) is 0 Å². The van der Waals surface area contributed by atoms with E-state index in [1.165, 1.54) is 63.8 Å². The van der Waals surface area contributed by atoms with Gasteiger partial charge < -0.3 is 10.2 Å². The Labute approximate surface area is 122 Å². The van der Waals surface area contributed by atoms with Gasteiger partial charge >= 0.3 is 0 Å². The molecule has 1 N–H and O–H groups in total. The zero-order valence-corrected chi connectivity index (χ0v) is 12.6. The molecule has 2 aliphatic rings. The third-order valence-electron chi connectivity index (χ3n) is 4.97. The number of aryl methyl sites for hydroxylation is 1. The standard InChI is InChI=1S/C17H27N3/c1-14-2-3-16(13-19-14)12-15-6-10-20(11-7-15)17-4-8-18-9-5-17/h2-3,13,15,17-18H,4-12H2,1H3. The minimum atomic E-state index is 0.846. The Kier molecular flexibility index (Phi) is 4.69. The van der Waals surface area contributed by atoms with E-state index in [1.807, 2.05) is 0 Å². The van der Waals surface area contributed by atoms with Gasteiger partial charge in [0.1, 0.15) is 0 Å². The number of hydrogen-bond donors (Lipinski definition) is 1. The van der Waals surface area contributed by atoms with E-state index < -0.39 is 0 Å². The third kappa shape index (κ3) is 3.58. The van der Waals surface area contributed by atoms with Crippen molar-refractivity contribution in [1.29, 1.82) is 0 Å². The Balaban J connectivity index is 1.47. The zero-order valence-electron chi connectivity index (χ0n) is 12.6. The highest BCUT2D eigenvalue weighted by Gasteiger charge is 2.26. The Morgan fingerprint density at radius 3 is 2.55 bits per heavy atom. The van der Waals surface area contributed by atoms with Crippen LogP contribution in [0.4, 0.5) is 0 Å². The molecule has 0 bridgehead atoms. The summed E-state index contributed by atoms with van der Waals surface area (Å²) in [7, 11) is 0. The minimum Gasteiger partial charge on any atom is -0.317 e. The summed E-state index contributed by atoms with van der Waals surface area (Å²) >= 11 is 0. The quantitative estimate of drug-likeness (QED) is 0.916. The van der Waals surface area contributed by atoms with Crippen LogP contribution in [-0.2, 0) is 6.42 Å². The van der Waals surface area contributed by atoms with E-state index >= 15 is 0 Å². The first kappa shape index (κ1) is 14.0. The molecule has 2 aliphatic heterocycles.